The largest absolute Gasteiger partial charge is 0.354 e. The Hall–Kier alpha value is -4.45. The molecule has 12 heteroatoms. The van der Waals surface area contributed by atoms with Gasteiger partial charge >= 0.3 is 0 Å². The Morgan fingerprint density at radius 2 is 2.09 bits per heavy atom. The second-order valence-corrected chi connectivity index (χ2v) is 8.34. The number of aromatic amines is 1. The molecule has 176 valence electrons. The number of nitriles is 2. The van der Waals surface area contributed by atoms with Crippen molar-refractivity contribution in [2.45, 2.75) is 31.7 Å². The Balaban J connectivity index is 1.38. The number of hydrogen-bond donors (Lipinski definition) is 1. The quantitative estimate of drug-likeness (QED) is 0.431. The summed E-state index contributed by atoms with van der Waals surface area (Å²) < 4.78 is 27.2. The second kappa shape index (κ2) is 9.43. The summed E-state index contributed by atoms with van der Waals surface area (Å²) >= 11 is 0. The average Bonchev–Trinajstić information content (AvgIpc) is 3.62. The van der Waals surface area contributed by atoms with Gasteiger partial charge in [-0.15, -0.1) is 0 Å². The molecule has 1 saturated heterocycles. The van der Waals surface area contributed by atoms with Crippen LogP contribution in [-0.2, 0) is 6.42 Å². The highest BCUT2D eigenvalue weighted by atomic mass is 19.3. The molecule has 5 heterocycles. The first-order valence-electron chi connectivity index (χ1n) is 11.1. The number of H-pyrrole nitrogens is 1. The molecule has 0 amide bonds. The van der Waals surface area contributed by atoms with Crippen molar-refractivity contribution < 1.29 is 8.78 Å². The molecule has 1 fully saturated rings. The first-order valence-corrected chi connectivity index (χ1v) is 11.1. The standard InChI is InChI=1S/C23H20F2N10/c24-20(25)7-16-10-29-23(18(8-27)33-16)34-6-3-14(11-34)19(1-4-26)35-12-15(9-32-35)21-17-2-5-28-22(17)31-13-30-21/h2,5,9-10,12-14,19-20H,1,3,6-7,11H2,(H,28,30,31)/t14-,19-/m0/s1. The summed E-state index contributed by atoms with van der Waals surface area (Å²) in [6.45, 7) is 1.14. The van der Waals surface area contributed by atoms with Crippen LogP contribution in [0.15, 0.2) is 37.2 Å². The van der Waals surface area contributed by atoms with E-state index in [4.69, 9.17) is 0 Å². The number of rotatable bonds is 7. The average molecular weight is 474 g/mol. The molecule has 0 radical (unpaired) electrons. The smallest absolute Gasteiger partial charge is 0.244 e. The van der Waals surface area contributed by atoms with E-state index in [9.17, 15) is 19.3 Å². The third-order valence-corrected chi connectivity index (χ3v) is 6.21. The van der Waals surface area contributed by atoms with Crippen LogP contribution in [0.5, 0.6) is 0 Å². The fourth-order valence-electron chi connectivity index (χ4n) is 4.59. The summed E-state index contributed by atoms with van der Waals surface area (Å²) in [6, 6.07) is 5.95. The monoisotopic (exact) mass is 474 g/mol. The zero-order chi connectivity index (χ0) is 24.4. The molecule has 1 N–H and O–H groups in total. The van der Waals surface area contributed by atoms with E-state index in [-0.39, 0.29) is 29.8 Å². The van der Waals surface area contributed by atoms with E-state index >= 15 is 0 Å². The van der Waals surface area contributed by atoms with Gasteiger partial charge in [0.15, 0.2) is 11.5 Å². The molecule has 0 unspecified atom stereocenters. The first kappa shape index (κ1) is 22.3. The number of hydrogen-bond acceptors (Lipinski definition) is 8. The van der Waals surface area contributed by atoms with Crippen LogP contribution in [0.3, 0.4) is 0 Å². The summed E-state index contributed by atoms with van der Waals surface area (Å²) in [5, 5.41) is 24.4. The Kier molecular flexibility index (Phi) is 6.02. The lowest BCUT2D eigenvalue weighted by atomic mass is 9.96. The van der Waals surface area contributed by atoms with Gasteiger partial charge in [-0.2, -0.15) is 15.6 Å². The van der Waals surface area contributed by atoms with Gasteiger partial charge in [-0.1, -0.05) is 0 Å². The van der Waals surface area contributed by atoms with Crippen molar-refractivity contribution >= 4 is 16.9 Å². The third-order valence-electron chi connectivity index (χ3n) is 6.21. The molecule has 0 saturated carbocycles. The van der Waals surface area contributed by atoms with E-state index < -0.39 is 12.8 Å². The summed E-state index contributed by atoms with van der Waals surface area (Å²) in [4.78, 5) is 22.0. The minimum atomic E-state index is -2.56. The van der Waals surface area contributed by atoms with E-state index in [0.29, 0.717) is 18.9 Å². The SMILES string of the molecule is N#CC[C@@H]([C@H]1CCN(c2ncc(CC(F)F)nc2C#N)C1)n1cc(-c2ncnc3[nH]ccc23)cn1. The predicted molar refractivity (Wildman–Crippen MR) is 121 cm³/mol. The highest BCUT2D eigenvalue weighted by Crippen LogP contribution is 2.34. The first-order chi connectivity index (χ1) is 17.1. The molecule has 1 aliphatic rings. The van der Waals surface area contributed by atoms with Crippen LogP contribution >= 0.6 is 0 Å². The van der Waals surface area contributed by atoms with Crippen molar-refractivity contribution in [1.82, 2.24) is 34.7 Å². The van der Waals surface area contributed by atoms with Gasteiger partial charge in [-0.3, -0.25) is 4.68 Å². The molecule has 4 aromatic heterocycles. The molecule has 5 rings (SSSR count). The van der Waals surface area contributed by atoms with Crippen molar-refractivity contribution in [3.63, 3.8) is 0 Å². The number of anilines is 1. The molecular formula is C23H20F2N10. The summed E-state index contributed by atoms with van der Waals surface area (Å²) in [7, 11) is 0. The molecule has 0 aromatic carbocycles. The van der Waals surface area contributed by atoms with Crippen LogP contribution in [-0.4, -0.2) is 54.2 Å². The molecule has 35 heavy (non-hydrogen) atoms. The fourth-order valence-corrected chi connectivity index (χ4v) is 4.59. The van der Waals surface area contributed by atoms with Crippen molar-refractivity contribution in [2.75, 3.05) is 18.0 Å². The maximum absolute atomic E-state index is 12.7. The van der Waals surface area contributed by atoms with Gasteiger partial charge in [0.25, 0.3) is 0 Å². The van der Waals surface area contributed by atoms with Crippen LogP contribution in [0.4, 0.5) is 14.6 Å². The van der Waals surface area contributed by atoms with Gasteiger partial charge in [0, 0.05) is 42.4 Å². The van der Waals surface area contributed by atoms with Crippen molar-refractivity contribution in [3.8, 4) is 23.4 Å². The van der Waals surface area contributed by atoms with E-state index in [2.05, 4.69) is 36.1 Å². The Bertz CT molecular complexity index is 1430. The zero-order valence-electron chi connectivity index (χ0n) is 18.5. The van der Waals surface area contributed by atoms with Crippen LogP contribution in [0, 0.1) is 28.6 Å². The lowest BCUT2D eigenvalue weighted by molar-refractivity contribution is 0.147. The van der Waals surface area contributed by atoms with Crippen LogP contribution < -0.4 is 4.90 Å². The number of nitrogens with one attached hydrogen (secondary N) is 1. The number of aromatic nitrogens is 7. The Labute approximate surface area is 198 Å². The molecule has 2 atom stereocenters. The van der Waals surface area contributed by atoms with Crippen LogP contribution in [0.2, 0.25) is 0 Å². The minimum Gasteiger partial charge on any atom is -0.354 e. The third kappa shape index (κ3) is 4.38. The van der Waals surface area contributed by atoms with Crippen molar-refractivity contribution in [3.05, 3.63) is 48.6 Å². The molecule has 4 aromatic rings. The van der Waals surface area contributed by atoms with Crippen LogP contribution in [0.1, 0.15) is 30.3 Å². The maximum atomic E-state index is 12.7. The molecule has 0 bridgehead atoms. The Morgan fingerprint density at radius 3 is 2.89 bits per heavy atom. The summed E-state index contributed by atoms with van der Waals surface area (Å²) in [6.07, 6.45) is 6.12. The van der Waals surface area contributed by atoms with E-state index in [0.717, 1.165) is 28.7 Å². The molecular weight excluding hydrogens is 454 g/mol. The van der Waals surface area contributed by atoms with E-state index in [1.807, 2.05) is 23.2 Å². The van der Waals surface area contributed by atoms with Gasteiger partial charge in [0.05, 0.1) is 48.7 Å². The highest BCUT2D eigenvalue weighted by Gasteiger charge is 2.33. The van der Waals surface area contributed by atoms with Gasteiger partial charge in [0.2, 0.25) is 6.43 Å². The number of halogens is 2. The number of fused-ring (bicyclic) bond motifs is 1. The molecule has 0 spiro atoms. The minimum absolute atomic E-state index is 0.0290. The predicted octanol–water partition coefficient (Wildman–Crippen LogP) is 3.27. The summed E-state index contributed by atoms with van der Waals surface area (Å²) in [5.41, 5.74) is 2.42. The molecule has 10 nitrogen and oxygen atoms in total. The van der Waals surface area contributed by atoms with Crippen LogP contribution in [0.25, 0.3) is 22.3 Å². The van der Waals surface area contributed by atoms with Crippen molar-refractivity contribution in [1.29, 1.82) is 10.5 Å². The molecule has 1 aliphatic heterocycles. The number of nitrogens with zero attached hydrogens (tertiary/aromatic N) is 9. The molecule has 0 aliphatic carbocycles. The van der Waals surface area contributed by atoms with Gasteiger partial charge in [-0.05, 0) is 12.5 Å². The Morgan fingerprint density at radius 1 is 1.20 bits per heavy atom. The van der Waals surface area contributed by atoms with E-state index in [1.165, 1.54) is 12.5 Å². The number of alkyl halides is 2. The van der Waals surface area contributed by atoms with E-state index in [1.54, 1.807) is 17.1 Å². The highest BCUT2D eigenvalue weighted by molar-refractivity contribution is 5.89. The maximum Gasteiger partial charge on any atom is 0.244 e. The second-order valence-electron chi connectivity index (χ2n) is 8.34. The lowest BCUT2D eigenvalue weighted by Crippen LogP contribution is -2.26. The van der Waals surface area contributed by atoms with Gasteiger partial charge in [-0.25, -0.2) is 28.7 Å². The fraction of sp³-hybridized carbons (Fsp3) is 0.348. The van der Waals surface area contributed by atoms with Crippen molar-refractivity contribution in [2.24, 2.45) is 5.92 Å². The summed E-state index contributed by atoms with van der Waals surface area (Å²) in [5.74, 6) is 0.440. The van der Waals surface area contributed by atoms with Gasteiger partial charge < -0.3 is 9.88 Å². The topological polar surface area (TPSA) is 136 Å². The zero-order valence-corrected chi connectivity index (χ0v) is 18.5. The normalized spacial score (nSPS) is 16.5. The lowest BCUT2D eigenvalue weighted by Gasteiger charge is -2.23. The van der Waals surface area contributed by atoms with Gasteiger partial charge in [0.1, 0.15) is 18.0 Å².